The Labute approximate surface area is 102 Å². The van der Waals surface area contributed by atoms with Gasteiger partial charge in [0, 0.05) is 13.1 Å². The van der Waals surface area contributed by atoms with E-state index in [2.05, 4.69) is 10.3 Å². The van der Waals surface area contributed by atoms with Crippen molar-refractivity contribution in [3.63, 3.8) is 0 Å². The van der Waals surface area contributed by atoms with Crippen LogP contribution in [0.15, 0.2) is 24.3 Å². The van der Waals surface area contributed by atoms with Crippen molar-refractivity contribution in [1.82, 2.24) is 15.0 Å². The predicted molar refractivity (Wildman–Crippen MR) is 69.6 cm³/mol. The monoisotopic (exact) mass is 232 g/mol. The molecular formula is C13H20N4. The first-order valence-electron chi connectivity index (χ1n) is 6.27. The number of para-hydroxylation sites is 1. The molecule has 0 unspecified atom stereocenters. The number of aryl methyl sites for hydroxylation is 1. The van der Waals surface area contributed by atoms with Gasteiger partial charge in [-0.3, -0.25) is 0 Å². The molecule has 4 heteroatoms. The van der Waals surface area contributed by atoms with Crippen molar-refractivity contribution in [1.29, 1.82) is 0 Å². The van der Waals surface area contributed by atoms with Gasteiger partial charge >= 0.3 is 0 Å². The second-order valence-electron chi connectivity index (χ2n) is 4.60. The van der Waals surface area contributed by atoms with Crippen LogP contribution in [0.3, 0.4) is 0 Å². The molecule has 0 aliphatic heterocycles. The van der Waals surface area contributed by atoms with E-state index in [1.54, 1.807) is 4.68 Å². The summed E-state index contributed by atoms with van der Waals surface area (Å²) in [5.74, 6) is 0. The van der Waals surface area contributed by atoms with Gasteiger partial charge < -0.3 is 5.73 Å². The standard InChI is InChI=1S/C7H7N3.C6H13N/c1-10-7-5-3-2-4-6(7)8-9-10;7-6-4-2-1-3-5-6/h2-5H,1H3;6H,1-5,7H2. The molecular weight excluding hydrogens is 212 g/mol. The van der Waals surface area contributed by atoms with Gasteiger partial charge in [-0.05, 0) is 25.0 Å². The molecule has 3 rings (SSSR count). The molecule has 0 spiro atoms. The molecule has 0 bridgehead atoms. The SMILES string of the molecule is Cn1nnc2ccccc21.NC1CCCCC1. The lowest BCUT2D eigenvalue weighted by Gasteiger charge is -2.15. The average Bonchev–Trinajstić information content (AvgIpc) is 2.74. The summed E-state index contributed by atoms with van der Waals surface area (Å²) in [6, 6.07) is 8.41. The normalized spacial score (nSPS) is 16.6. The highest BCUT2D eigenvalue weighted by Gasteiger charge is 2.06. The molecule has 92 valence electrons. The molecule has 1 aromatic carbocycles. The van der Waals surface area contributed by atoms with Crippen LogP contribution in [0.25, 0.3) is 11.0 Å². The van der Waals surface area contributed by atoms with Crippen LogP contribution in [-0.2, 0) is 7.05 Å². The second kappa shape index (κ2) is 5.77. The van der Waals surface area contributed by atoms with E-state index in [-0.39, 0.29) is 0 Å². The molecule has 17 heavy (non-hydrogen) atoms. The molecule has 0 saturated heterocycles. The Kier molecular flexibility index (Phi) is 4.09. The summed E-state index contributed by atoms with van der Waals surface area (Å²) in [5.41, 5.74) is 7.66. The van der Waals surface area contributed by atoms with Crippen LogP contribution in [0.1, 0.15) is 32.1 Å². The summed E-state index contributed by atoms with van der Waals surface area (Å²) in [6.45, 7) is 0. The molecule has 4 nitrogen and oxygen atoms in total. The minimum atomic E-state index is 0.536. The first-order chi connectivity index (χ1) is 8.27. The minimum Gasteiger partial charge on any atom is -0.328 e. The predicted octanol–water partition coefficient (Wildman–Crippen LogP) is 2.25. The number of nitrogens with zero attached hydrogens (tertiary/aromatic N) is 3. The molecule has 2 aromatic rings. The Balaban J connectivity index is 0.000000136. The van der Waals surface area contributed by atoms with Gasteiger partial charge in [0.15, 0.2) is 0 Å². The van der Waals surface area contributed by atoms with Crippen molar-refractivity contribution < 1.29 is 0 Å². The molecule has 1 heterocycles. The molecule has 0 atom stereocenters. The van der Waals surface area contributed by atoms with E-state index in [1.165, 1.54) is 32.1 Å². The zero-order valence-electron chi connectivity index (χ0n) is 10.3. The third-order valence-corrected chi connectivity index (χ3v) is 3.17. The van der Waals surface area contributed by atoms with Crippen LogP contribution in [0.4, 0.5) is 0 Å². The maximum absolute atomic E-state index is 5.63. The number of rotatable bonds is 0. The first kappa shape index (κ1) is 12.0. The average molecular weight is 232 g/mol. The summed E-state index contributed by atoms with van der Waals surface area (Å²) in [4.78, 5) is 0. The Morgan fingerprint density at radius 2 is 1.88 bits per heavy atom. The van der Waals surface area contributed by atoms with Gasteiger partial charge in [0.05, 0.1) is 5.52 Å². The van der Waals surface area contributed by atoms with Crippen molar-refractivity contribution in [3.05, 3.63) is 24.3 Å². The Morgan fingerprint density at radius 3 is 2.47 bits per heavy atom. The highest BCUT2D eigenvalue weighted by Crippen LogP contribution is 2.14. The van der Waals surface area contributed by atoms with Crippen molar-refractivity contribution in [3.8, 4) is 0 Å². The fourth-order valence-electron chi connectivity index (χ4n) is 2.12. The number of benzene rings is 1. The third kappa shape index (κ3) is 3.27. The quantitative estimate of drug-likeness (QED) is 0.758. The number of fused-ring (bicyclic) bond motifs is 1. The van der Waals surface area contributed by atoms with Crippen molar-refractivity contribution in [2.45, 2.75) is 38.1 Å². The largest absolute Gasteiger partial charge is 0.328 e. The fraction of sp³-hybridized carbons (Fsp3) is 0.538. The topological polar surface area (TPSA) is 56.7 Å². The first-order valence-corrected chi connectivity index (χ1v) is 6.27. The zero-order valence-corrected chi connectivity index (χ0v) is 10.3. The molecule has 0 radical (unpaired) electrons. The van der Waals surface area contributed by atoms with Crippen molar-refractivity contribution in [2.75, 3.05) is 0 Å². The molecule has 2 N–H and O–H groups in total. The Bertz CT molecular complexity index is 457. The summed E-state index contributed by atoms with van der Waals surface area (Å²) in [5, 5.41) is 7.79. The fourth-order valence-corrected chi connectivity index (χ4v) is 2.12. The number of hydrogen-bond acceptors (Lipinski definition) is 3. The van der Waals surface area contributed by atoms with E-state index in [4.69, 9.17) is 5.73 Å². The summed E-state index contributed by atoms with van der Waals surface area (Å²) in [7, 11) is 1.88. The van der Waals surface area contributed by atoms with Crippen LogP contribution in [-0.4, -0.2) is 21.0 Å². The van der Waals surface area contributed by atoms with Gasteiger partial charge in [-0.15, -0.1) is 5.10 Å². The lowest BCUT2D eigenvalue weighted by atomic mass is 9.97. The van der Waals surface area contributed by atoms with Crippen LogP contribution < -0.4 is 5.73 Å². The maximum Gasteiger partial charge on any atom is 0.113 e. The van der Waals surface area contributed by atoms with Gasteiger partial charge in [-0.25, -0.2) is 4.68 Å². The number of hydrogen-bond donors (Lipinski definition) is 1. The van der Waals surface area contributed by atoms with Crippen LogP contribution in [0.2, 0.25) is 0 Å². The molecule has 1 aliphatic rings. The van der Waals surface area contributed by atoms with Crippen molar-refractivity contribution in [2.24, 2.45) is 12.8 Å². The van der Waals surface area contributed by atoms with E-state index in [9.17, 15) is 0 Å². The number of nitrogens with two attached hydrogens (primary N) is 1. The number of aromatic nitrogens is 3. The van der Waals surface area contributed by atoms with E-state index < -0.39 is 0 Å². The molecule has 1 aromatic heterocycles. The highest BCUT2D eigenvalue weighted by molar-refractivity contribution is 5.73. The maximum atomic E-state index is 5.63. The zero-order chi connectivity index (χ0) is 12.1. The van der Waals surface area contributed by atoms with Gasteiger partial charge in [0.25, 0.3) is 0 Å². The third-order valence-electron chi connectivity index (χ3n) is 3.17. The second-order valence-corrected chi connectivity index (χ2v) is 4.60. The Hall–Kier alpha value is -1.42. The lowest BCUT2D eigenvalue weighted by Crippen LogP contribution is -2.22. The minimum absolute atomic E-state index is 0.536. The van der Waals surface area contributed by atoms with Crippen LogP contribution in [0, 0.1) is 0 Å². The summed E-state index contributed by atoms with van der Waals surface area (Å²) < 4.78 is 1.76. The van der Waals surface area contributed by atoms with E-state index >= 15 is 0 Å². The molecule has 1 aliphatic carbocycles. The van der Waals surface area contributed by atoms with Crippen LogP contribution in [0.5, 0.6) is 0 Å². The highest BCUT2D eigenvalue weighted by atomic mass is 15.4. The molecule has 1 saturated carbocycles. The molecule has 1 fully saturated rings. The van der Waals surface area contributed by atoms with Gasteiger partial charge in [0.1, 0.15) is 5.52 Å². The van der Waals surface area contributed by atoms with Gasteiger partial charge in [-0.2, -0.15) is 0 Å². The summed E-state index contributed by atoms with van der Waals surface area (Å²) in [6.07, 6.45) is 6.66. The van der Waals surface area contributed by atoms with E-state index in [1.807, 2.05) is 31.3 Å². The lowest BCUT2D eigenvalue weighted by molar-refractivity contribution is 0.441. The van der Waals surface area contributed by atoms with Gasteiger partial charge in [-0.1, -0.05) is 36.6 Å². The van der Waals surface area contributed by atoms with E-state index in [0.29, 0.717) is 6.04 Å². The molecule has 0 amide bonds. The van der Waals surface area contributed by atoms with Gasteiger partial charge in [0.2, 0.25) is 0 Å². The van der Waals surface area contributed by atoms with E-state index in [0.717, 1.165) is 11.0 Å². The summed E-state index contributed by atoms with van der Waals surface area (Å²) >= 11 is 0. The van der Waals surface area contributed by atoms with Crippen LogP contribution >= 0.6 is 0 Å². The van der Waals surface area contributed by atoms with Crippen molar-refractivity contribution >= 4 is 11.0 Å². The smallest absolute Gasteiger partial charge is 0.113 e. The Morgan fingerprint density at radius 1 is 1.18 bits per heavy atom.